The maximum absolute atomic E-state index is 12.1. The van der Waals surface area contributed by atoms with E-state index in [1.54, 1.807) is 18.2 Å². The van der Waals surface area contributed by atoms with Crippen molar-refractivity contribution in [3.8, 4) is 0 Å². The molecule has 0 radical (unpaired) electrons. The van der Waals surface area contributed by atoms with Crippen LogP contribution < -0.4 is 5.32 Å². The Morgan fingerprint density at radius 3 is 3.00 bits per heavy atom. The van der Waals surface area contributed by atoms with Crippen LogP contribution in [0.5, 0.6) is 0 Å². The lowest BCUT2D eigenvalue weighted by molar-refractivity contribution is 0.0950. The van der Waals surface area contributed by atoms with E-state index in [4.69, 9.17) is 11.6 Å². The van der Waals surface area contributed by atoms with Crippen LogP contribution in [0.3, 0.4) is 0 Å². The van der Waals surface area contributed by atoms with E-state index in [0.29, 0.717) is 17.1 Å². The summed E-state index contributed by atoms with van der Waals surface area (Å²) in [7, 11) is 0. The highest BCUT2D eigenvalue weighted by atomic mass is 35.5. The Bertz CT molecular complexity index is 810. The van der Waals surface area contributed by atoms with Gasteiger partial charge in [-0.25, -0.2) is 4.98 Å². The van der Waals surface area contributed by atoms with E-state index in [1.165, 1.54) is 0 Å². The van der Waals surface area contributed by atoms with E-state index < -0.39 is 0 Å². The third-order valence-electron chi connectivity index (χ3n) is 3.18. The van der Waals surface area contributed by atoms with Crippen LogP contribution in [0.2, 0.25) is 5.02 Å². The van der Waals surface area contributed by atoms with Gasteiger partial charge in [-0.05, 0) is 31.2 Å². The van der Waals surface area contributed by atoms with E-state index >= 15 is 0 Å². The minimum absolute atomic E-state index is 0.103. The van der Waals surface area contributed by atoms with Gasteiger partial charge in [-0.3, -0.25) is 4.79 Å². The highest BCUT2D eigenvalue weighted by Gasteiger charge is 2.07. The molecule has 1 amide bonds. The van der Waals surface area contributed by atoms with Crippen molar-refractivity contribution < 1.29 is 4.79 Å². The largest absolute Gasteiger partial charge is 0.346 e. The molecule has 4 nitrogen and oxygen atoms in total. The monoisotopic (exact) mass is 299 g/mol. The summed E-state index contributed by atoms with van der Waals surface area (Å²) in [4.78, 5) is 16.5. The maximum Gasteiger partial charge on any atom is 0.251 e. The summed E-state index contributed by atoms with van der Waals surface area (Å²) >= 11 is 5.93. The Morgan fingerprint density at radius 2 is 2.19 bits per heavy atom. The molecule has 0 aliphatic heterocycles. The Balaban J connectivity index is 1.72. The Hall–Kier alpha value is -2.33. The SMILES string of the molecule is Cc1cccc(C(=O)NCc2cn3ccc(Cl)cc3n2)c1. The number of nitrogens with zero attached hydrogens (tertiary/aromatic N) is 2. The molecule has 0 aliphatic carbocycles. The van der Waals surface area contributed by atoms with Gasteiger partial charge in [-0.2, -0.15) is 0 Å². The number of carbonyl (C=O) groups excluding carboxylic acids is 1. The molecule has 2 aromatic heterocycles. The molecule has 0 fully saturated rings. The second kappa shape index (κ2) is 5.58. The van der Waals surface area contributed by atoms with Crippen LogP contribution >= 0.6 is 11.6 Å². The average molecular weight is 300 g/mol. The number of nitrogens with one attached hydrogen (secondary N) is 1. The van der Waals surface area contributed by atoms with E-state index in [0.717, 1.165) is 16.9 Å². The molecule has 1 aromatic carbocycles. The number of benzene rings is 1. The predicted molar refractivity (Wildman–Crippen MR) is 82.6 cm³/mol. The zero-order valence-corrected chi connectivity index (χ0v) is 12.3. The van der Waals surface area contributed by atoms with Crippen molar-refractivity contribution in [2.45, 2.75) is 13.5 Å². The lowest BCUT2D eigenvalue weighted by Crippen LogP contribution is -2.22. The van der Waals surface area contributed by atoms with Gasteiger partial charge in [0, 0.05) is 23.0 Å². The number of aryl methyl sites for hydroxylation is 1. The van der Waals surface area contributed by atoms with Crippen molar-refractivity contribution in [1.29, 1.82) is 0 Å². The Morgan fingerprint density at radius 1 is 1.33 bits per heavy atom. The molecule has 3 rings (SSSR count). The van der Waals surface area contributed by atoms with Crippen molar-refractivity contribution >= 4 is 23.2 Å². The molecule has 106 valence electrons. The van der Waals surface area contributed by atoms with Crippen LogP contribution in [0.1, 0.15) is 21.6 Å². The highest BCUT2D eigenvalue weighted by molar-refractivity contribution is 6.30. The van der Waals surface area contributed by atoms with Gasteiger partial charge in [0.05, 0.1) is 12.2 Å². The molecule has 0 bridgehead atoms. The molecule has 0 saturated heterocycles. The van der Waals surface area contributed by atoms with Gasteiger partial charge in [0.1, 0.15) is 5.65 Å². The summed E-state index contributed by atoms with van der Waals surface area (Å²) in [6.45, 7) is 2.34. The number of aromatic nitrogens is 2. The minimum Gasteiger partial charge on any atom is -0.346 e. The molecular formula is C16H14ClN3O. The topological polar surface area (TPSA) is 46.4 Å². The van der Waals surface area contributed by atoms with Crippen molar-refractivity contribution in [3.63, 3.8) is 0 Å². The number of hydrogen-bond donors (Lipinski definition) is 1. The van der Waals surface area contributed by atoms with Crippen molar-refractivity contribution in [2.75, 3.05) is 0 Å². The Labute approximate surface area is 127 Å². The Kier molecular flexibility index (Phi) is 3.62. The van der Waals surface area contributed by atoms with Crippen LogP contribution in [0.4, 0.5) is 0 Å². The molecule has 0 saturated carbocycles. The molecule has 5 heteroatoms. The fourth-order valence-electron chi connectivity index (χ4n) is 2.15. The maximum atomic E-state index is 12.1. The molecule has 3 aromatic rings. The van der Waals surface area contributed by atoms with Crippen LogP contribution in [0.15, 0.2) is 48.8 Å². The van der Waals surface area contributed by atoms with Gasteiger partial charge in [-0.15, -0.1) is 0 Å². The molecular weight excluding hydrogens is 286 g/mol. The number of imidazole rings is 1. The van der Waals surface area contributed by atoms with Crippen LogP contribution in [0.25, 0.3) is 5.65 Å². The van der Waals surface area contributed by atoms with Gasteiger partial charge < -0.3 is 9.72 Å². The molecule has 1 N–H and O–H groups in total. The number of halogens is 1. The molecule has 0 spiro atoms. The van der Waals surface area contributed by atoms with Crippen LogP contribution in [-0.4, -0.2) is 15.3 Å². The first-order valence-electron chi connectivity index (χ1n) is 6.60. The lowest BCUT2D eigenvalue weighted by Gasteiger charge is -2.03. The first-order valence-corrected chi connectivity index (χ1v) is 6.97. The highest BCUT2D eigenvalue weighted by Crippen LogP contribution is 2.12. The number of pyridine rings is 1. The number of carbonyl (C=O) groups is 1. The molecule has 0 atom stereocenters. The summed E-state index contributed by atoms with van der Waals surface area (Å²) in [5.74, 6) is -0.103. The van der Waals surface area contributed by atoms with Crippen LogP contribution in [0, 0.1) is 6.92 Å². The lowest BCUT2D eigenvalue weighted by atomic mass is 10.1. The zero-order chi connectivity index (χ0) is 14.8. The van der Waals surface area contributed by atoms with Crippen LogP contribution in [-0.2, 0) is 6.54 Å². The smallest absolute Gasteiger partial charge is 0.251 e. The second-order valence-electron chi connectivity index (χ2n) is 4.89. The molecule has 0 aliphatic rings. The van der Waals surface area contributed by atoms with E-state index in [-0.39, 0.29) is 5.91 Å². The molecule has 0 unspecified atom stereocenters. The van der Waals surface area contributed by atoms with Gasteiger partial charge in [0.2, 0.25) is 0 Å². The zero-order valence-electron chi connectivity index (χ0n) is 11.5. The molecule has 2 heterocycles. The van der Waals surface area contributed by atoms with Gasteiger partial charge in [0.25, 0.3) is 5.91 Å². The van der Waals surface area contributed by atoms with Crippen molar-refractivity contribution in [2.24, 2.45) is 0 Å². The van der Waals surface area contributed by atoms with Gasteiger partial charge in [-0.1, -0.05) is 29.3 Å². The van der Waals surface area contributed by atoms with Gasteiger partial charge >= 0.3 is 0 Å². The minimum atomic E-state index is -0.103. The third kappa shape index (κ3) is 3.06. The van der Waals surface area contributed by atoms with Crippen molar-refractivity contribution in [1.82, 2.24) is 14.7 Å². The summed E-state index contributed by atoms with van der Waals surface area (Å²) in [6, 6.07) is 11.1. The number of amides is 1. The summed E-state index contributed by atoms with van der Waals surface area (Å²) < 4.78 is 1.88. The summed E-state index contributed by atoms with van der Waals surface area (Å²) in [5.41, 5.74) is 3.27. The normalized spacial score (nSPS) is 10.8. The van der Waals surface area contributed by atoms with Crippen molar-refractivity contribution in [3.05, 3.63) is 70.6 Å². The number of hydrogen-bond acceptors (Lipinski definition) is 2. The average Bonchev–Trinajstić information content (AvgIpc) is 2.86. The summed E-state index contributed by atoms with van der Waals surface area (Å²) in [5, 5.41) is 3.51. The fourth-order valence-corrected chi connectivity index (χ4v) is 2.31. The molecule has 21 heavy (non-hydrogen) atoms. The fraction of sp³-hybridized carbons (Fsp3) is 0.125. The first kappa shape index (κ1) is 13.6. The van der Waals surface area contributed by atoms with Gasteiger partial charge in [0.15, 0.2) is 0 Å². The number of rotatable bonds is 3. The summed E-state index contributed by atoms with van der Waals surface area (Å²) in [6.07, 6.45) is 3.72. The standard InChI is InChI=1S/C16H14ClN3O/c1-11-3-2-4-12(7-11)16(21)18-9-14-10-20-6-5-13(17)8-15(20)19-14/h2-8,10H,9H2,1H3,(H,18,21). The van der Waals surface area contributed by atoms with E-state index in [9.17, 15) is 4.79 Å². The number of fused-ring (bicyclic) bond motifs is 1. The predicted octanol–water partition coefficient (Wildman–Crippen LogP) is 3.23. The van der Waals surface area contributed by atoms with E-state index in [1.807, 2.05) is 41.9 Å². The second-order valence-corrected chi connectivity index (χ2v) is 5.33. The third-order valence-corrected chi connectivity index (χ3v) is 3.42. The first-order chi connectivity index (χ1) is 10.1. The van der Waals surface area contributed by atoms with E-state index in [2.05, 4.69) is 10.3 Å². The quantitative estimate of drug-likeness (QED) is 0.807.